The molecule has 0 saturated heterocycles. The number of amides is 1. The second-order valence-electron chi connectivity index (χ2n) is 4.77. The van der Waals surface area contributed by atoms with Crippen LogP contribution in [0.2, 0.25) is 0 Å². The third kappa shape index (κ3) is 2.85. The Hall–Kier alpha value is -3.03. The van der Waals surface area contributed by atoms with Crippen LogP contribution in [0.4, 0.5) is 0 Å². The minimum Gasteiger partial charge on any atom is -0.341 e. The van der Waals surface area contributed by atoms with E-state index in [9.17, 15) is 4.79 Å². The van der Waals surface area contributed by atoms with Gasteiger partial charge in [-0.3, -0.25) is 4.79 Å². The standard InChI is InChI=1S/C14H14N6O2/c1-9(14-17-10(2)18-22-14)16-13(21)11-4-3-5-12(8-11)20-7-6-15-19-20/h3-9H,1-2H3,(H,16,21)/t9-/m1/s1. The quantitative estimate of drug-likeness (QED) is 0.782. The van der Waals surface area contributed by atoms with Crippen LogP contribution in [-0.4, -0.2) is 31.0 Å². The van der Waals surface area contributed by atoms with Crippen molar-refractivity contribution >= 4 is 5.91 Å². The maximum absolute atomic E-state index is 12.3. The van der Waals surface area contributed by atoms with E-state index in [0.29, 0.717) is 17.3 Å². The maximum atomic E-state index is 12.3. The van der Waals surface area contributed by atoms with E-state index >= 15 is 0 Å². The van der Waals surface area contributed by atoms with E-state index < -0.39 is 0 Å². The van der Waals surface area contributed by atoms with Gasteiger partial charge in [0.1, 0.15) is 6.04 Å². The van der Waals surface area contributed by atoms with Crippen molar-refractivity contribution in [3.05, 3.63) is 53.9 Å². The summed E-state index contributed by atoms with van der Waals surface area (Å²) in [5.41, 5.74) is 1.27. The molecule has 2 heterocycles. The smallest absolute Gasteiger partial charge is 0.251 e. The van der Waals surface area contributed by atoms with Crippen molar-refractivity contribution in [3.63, 3.8) is 0 Å². The maximum Gasteiger partial charge on any atom is 0.251 e. The lowest BCUT2D eigenvalue weighted by molar-refractivity contribution is 0.0932. The summed E-state index contributed by atoms with van der Waals surface area (Å²) in [6, 6.07) is 6.71. The molecule has 0 spiro atoms. The third-order valence-electron chi connectivity index (χ3n) is 3.06. The minimum absolute atomic E-state index is 0.231. The van der Waals surface area contributed by atoms with Crippen molar-refractivity contribution in [2.75, 3.05) is 0 Å². The monoisotopic (exact) mass is 298 g/mol. The van der Waals surface area contributed by atoms with Crippen LogP contribution in [0.15, 0.2) is 41.2 Å². The van der Waals surface area contributed by atoms with Crippen molar-refractivity contribution in [3.8, 4) is 5.69 Å². The first-order valence-electron chi connectivity index (χ1n) is 6.71. The largest absolute Gasteiger partial charge is 0.341 e. The van der Waals surface area contributed by atoms with Gasteiger partial charge in [0.05, 0.1) is 18.1 Å². The third-order valence-corrected chi connectivity index (χ3v) is 3.06. The van der Waals surface area contributed by atoms with Gasteiger partial charge in [0, 0.05) is 5.56 Å². The van der Waals surface area contributed by atoms with E-state index in [1.807, 2.05) is 6.07 Å². The number of aromatic nitrogens is 5. The number of hydrogen-bond donors (Lipinski definition) is 1. The van der Waals surface area contributed by atoms with E-state index in [2.05, 4.69) is 25.8 Å². The van der Waals surface area contributed by atoms with Crippen LogP contribution >= 0.6 is 0 Å². The van der Waals surface area contributed by atoms with Crippen LogP contribution in [-0.2, 0) is 0 Å². The average Bonchev–Trinajstić information content (AvgIpc) is 3.18. The molecule has 1 N–H and O–H groups in total. The molecule has 0 aliphatic rings. The average molecular weight is 298 g/mol. The lowest BCUT2D eigenvalue weighted by Gasteiger charge is -2.10. The van der Waals surface area contributed by atoms with Gasteiger partial charge in [0.25, 0.3) is 5.91 Å². The molecule has 3 aromatic rings. The first-order chi connectivity index (χ1) is 10.6. The molecule has 0 radical (unpaired) electrons. The van der Waals surface area contributed by atoms with E-state index in [1.165, 1.54) is 0 Å². The van der Waals surface area contributed by atoms with E-state index in [0.717, 1.165) is 5.69 Å². The molecule has 0 saturated carbocycles. The molecule has 0 aliphatic heterocycles. The van der Waals surface area contributed by atoms with Gasteiger partial charge in [0.15, 0.2) is 5.82 Å². The van der Waals surface area contributed by atoms with E-state index in [1.54, 1.807) is 49.1 Å². The number of carbonyl (C=O) groups excluding carboxylic acids is 1. The van der Waals surface area contributed by atoms with Crippen LogP contribution in [0, 0.1) is 6.92 Å². The summed E-state index contributed by atoms with van der Waals surface area (Å²) < 4.78 is 6.63. The predicted octanol–water partition coefficient (Wildman–Crippen LogP) is 1.45. The molecular formula is C14H14N6O2. The normalized spacial score (nSPS) is 12.1. The number of rotatable bonds is 4. The van der Waals surface area contributed by atoms with Crippen molar-refractivity contribution in [1.82, 2.24) is 30.5 Å². The fourth-order valence-corrected chi connectivity index (χ4v) is 1.97. The highest BCUT2D eigenvalue weighted by Gasteiger charge is 2.16. The van der Waals surface area contributed by atoms with Gasteiger partial charge >= 0.3 is 0 Å². The van der Waals surface area contributed by atoms with Gasteiger partial charge in [-0.15, -0.1) is 5.10 Å². The molecule has 0 bridgehead atoms. The summed E-state index contributed by atoms with van der Waals surface area (Å²) in [5.74, 6) is 0.674. The van der Waals surface area contributed by atoms with Gasteiger partial charge in [-0.25, -0.2) is 4.68 Å². The Balaban J connectivity index is 1.76. The molecule has 1 amide bonds. The zero-order valence-electron chi connectivity index (χ0n) is 12.1. The Kier molecular flexibility index (Phi) is 3.65. The van der Waals surface area contributed by atoms with Gasteiger partial charge in [-0.1, -0.05) is 16.4 Å². The van der Waals surface area contributed by atoms with Crippen molar-refractivity contribution in [2.24, 2.45) is 0 Å². The molecular weight excluding hydrogens is 284 g/mol. The molecule has 0 fully saturated rings. The Morgan fingerprint density at radius 2 is 2.27 bits per heavy atom. The fraction of sp³-hybridized carbons (Fsp3) is 0.214. The molecule has 112 valence electrons. The van der Waals surface area contributed by atoms with Gasteiger partial charge in [-0.2, -0.15) is 4.98 Å². The van der Waals surface area contributed by atoms with Crippen LogP contribution in [0.5, 0.6) is 0 Å². The second kappa shape index (κ2) is 5.76. The highest BCUT2D eigenvalue weighted by molar-refractivity contribution is 5.94. The molecule has 1 aromatic carbocycles. The van der Waals surface area contributed by atoms with Crippen molar-refractivity contribution in [2.45, 2.75) is 19.9 Å². The Morgan fingerprint density at radius 3 is 2.95 bits per heavy atom. The predicted molar refractivity (Wildman–Crippen MR) is 76.3 cm³/mol. The van der Waals surface area contributed by atoms with Crippen molar-refractivity contribution < 1.29 is 9.32 Å². The summed E-state index contributed by atoms with van der Waals surface area (Å²) in [7, 11) is 0. The molecule has 1 atom stereocenters. The van der Waals surface area contributed by atoms with Gasteiger partial charge in [0.2, 0.25) is 5.89 Å². The van der Waals surface area contributed by atoms with E-state index in [4.69, 9.17) is 4.52 Å². The summed E-state index contributed by atoms with van der Waals surface area (Å²) in [5, 5.41) is 14.2. The highest BCUT2D eigenvalue weighted by Crippen LogP contribution is 2.13. The molecule has 2 aromatic heterocycles. The Labute approximate surface area is 126 Å². The summed E-state index contributed by atoms with van der Waals surface area (Å²) in [6.45, 7) is 3.51. The van der Waals surface area contributed by atoms with Gasteiger partial charge < -0.3 is 9.84 Å². The molecule has 8 heteroatoms. The lowest BCUT2D eigenvalue weighted by Crippen LogP contribution is -2.27. The zero-order valence-corrected chi connectivity index (χ0v) is 12.1. The first-order valence-corrected chi connectivity index (χ1v) is 6.71. The number of aryl methyl sites for hydroxylation is 1. The lowest BCUT2D eigenvalue weighted by atomic mass is 10.1. The Morgan fingerprint density at radius 1 is 1.41 bits per heavy atom. The summed E-state index contributed by atoms with van der Waals surface area (Å²) in [6.07, 6.45) is 3.29. The zero-order chi connectivity index (χ0) is 15.5. The highest BCUT2D eigenvalue weighted by atomic mass is 16.5. The van der Waals surface area contributed by atoms with Crippen LogP contribution in [0.25, 0.3) is 5.69 Å². The van der Waals surface area contributed by atoms with Crippen LogP contribution in [0.1, 0.15) is 35.0 Å². The van der Waals surface area contributed by atoms with Crippen molar-refractivity contribution in [1.29, 1.82) is 0 Å². The second-order valence-corrected chi connectivity index (χ2v) is 4.77. The fourth-order valence-electron chi connectivity index (χ4n) is 1.97. The summed E-state index contributed by atoms with van der Waals surface area (Å²) >= 11 is 0. The minimum atomic E-state index is -0.372. The summed E-state index contributed by atoms with van der Waals surface area (Å²) in [4.78, 5) is 16.4. The topological polar surface area (TPSA) is 98.7 Å². The molecule has 0 unspecified atom stereocenters. The molecule has 22 heavy (non-hydrogen) atoms. The number of carbonyl (C=O) groups is 1. The molecule has 0 aliphatic carbocycles. The van der Waals surface area contributed by atoms with E-state index in [-0.39, 0.29) is 11.9 Å². The van der Waals surface area contributed by atoms with Crippen LogP contribution in [0.3, 0.4) is 0 Å². The first kappa shape index (κ1) is 13.9. The number of benzene rings is 1. The molecule has 3 rings (SSSR count). The number of nitrogens with zero attached hydrogens (tertiary/aromatic N) is 5. The Bertz CT molecular complexity index is 780. The van der Waals surface area contributed by atoms with Crippen LogP contribution < -0.4 is 5.32 Å². The molecule has 8 nitrogen and oxygen atoms in total. The number of hydrogen-bond acceptors (Lipinski definition) is 6. The van der Waals surface area contributed by atoms with Gasteiger partial charge in [-0.05, 0) is 32.0 Å². The number of nitrogens with one attached hydrogen (secondary N) is 1. The SMILES string of the molecule is Cc1noc([C@@H](C)NC(=O)c2cccc(-n3ccnn3)c2)n1.